The molecule has 1 fully saturated rings. The normalized spacial score (nSPS) is 21.7. The Labute approximate surface area is 116 Å². The van der Waals surface area contributed by atoms with E-state index in [4.69, 9.17) is 10.8 Å². The zero-order valence-corrected chi connectivity index (χ0v) is 11.7. The van der Waals surface area contributed by atoms with Crippen LogP contribution in [0.4, 0.5) is 0 Å². The summed E-state index contributed by atoms with van der Waals surface area (Å²) in [5.74, 6) is 0.427. The highest BCUT2D eigenvalue weighted by atomic mass is 16.2. The third kappa shape index (κ3) is 4.03. The van der Waals surface area contributed by atoms with Crippen molar-refractivity contribution in [2.45, 2.75) is 37.6 Å². The summed E-state index contributed by atoms with van der Waals surface area (Å²) in [7, 11) is 0. The van der Waals surface area contributed by atoms with Crippen molar-refractivity contribution >= 4 is 0 Å². The second-order valence-corrected chi connectivity index (χ2v) is 5.50. The molecule has 0 bridgehead atoms. The van der Waals surface area contributed by atoms with Gasteiger partial charge in [0.25, 0.3) is 0 Å². The maximum atomic E-state index is 8.98. The van der Waals surface area contributed by atoms with E-state index in [0.717, 1.165) is 19.4 Å². The van der Waals surface area contributed by atoms with Gasteiger partial charge in [-0.15, -0.1) is 0 Å². The lowest BCUT2D eigenvalue weighted by atomic mass is 9.98. The van der Waals surface area contributed by atoms with Gasteiger partial charge in [-0.05, 0) is 37.8 Å². The summed E-state index contributed by atoms with van der Waals surface area (Å²) in [6.45, 7) is 3.24. The maximum Gasteiger partial charge on any atom is 0.0431 e. The highest BCUT2D eigenvalue weighted by Crippen LogP contribution is 2.25. The number of hydrogen-bond donors (Lipinski definition) is 2. The highest BCUT2D eigenvalue weighted by molar-refractivity contribution is 5.20. The number of aliphatic hydroxyl groups excluding tert-OH is 1. The van der Waals surface area contributed by atoms with Gasteiger partial charge in [-0.2, -0.15) is 0 Å². The molecule has 0 aliphatic carbocycles. The maximum absolute atomic E-state index is 8.98. The third-order valence-corrected chi connectivity index (χ3v) is 4.20. The van der Waals surface area contributed by atoms with Gasteiger partial charge in [0.05, 0.1) is 0 Å². The van der Waals surface area contributed by atoms with Crippen LogP contribution in [0.25, 0.3) is 0 Å². The van der Waals surface area contributed by atoms with Gasteiger partial charge in [-0.1, -0.05) is 30.3 Å². The molecule has 2 rings (SSSR count). The van der Waals surface area contributed by atoms with E-state index in [1.807, 2.05) is 0 Å². The van der Waals surface area contributed by atoms with Gasteiger partial charge in [0, 0.05) is 31.7 Å². The SMILES string of the molecule is NCC(CN1CCCC1CCCO)c1ccccc1. The minimum absolute atomic E-state index is 0.309. The molecule has 19 heavy (non-hydrogen) atoms. The van der Waals surface area contributed by atoms with Crippen molar-refractivity contribution in [2.75, 3.05) is 26.2 Å². The quantitative estimate of drug-likeness (QED) is 0.790. The fourth-order valence-corrected chi connectivity index (χ4v) is 3.11. The van der Waals surface area contributed by atoms with Crippen LogP contribution in [0.5, 0.6) is 0 Å². The smallest absolute Gasteiger partial charge is 0.0431 e. The molecule has 1 aromatic rings. The van der Waals surface area contributed by atoms with Crippen LogP contribution in [-0.4, -0.2) is 42.3 Å². The second-order valence-electron chi connectivity index (χ2n) is 5.50. The van der Waals surface area contributed by atoms with Gasteiger partial charge in [0.1, 0.15) is 0 Å². The predicted molar refractivity (Wildman–Crippen MR) is 79.2 cm³/mol. The van der Waals surface area contributed by atoms with Gasteiger partial charge in [0.15, 0.2) is 0 Å². The van der Waals surface area contributed by atoms with Crippen molar-refractivity contribution in [1.29, 1.82) is 0 Å². The molecular formula is C16H26N2O. The summed E-state index contributed by atoms with van der Waals surface area (Å²) in [6, 6.07) is 11.2. The van der Waals surface area contributed by atoms with E-state index in [9.17, 15) is 0 Å². The summed E-state index contributed by atoms with van der Waals surface area (Å²) < 4.78 is 0. The average Bonchev–Trinajstić information content (AvgIpc) is 2.90. The van der Waals surface area contributed by atoms with Crippen molar-refractivity contribution in [3.63, 3.8) is 0 Å². The molecule has 0 aromatic heterocycles. The Kier molecular flexibility index (Phi) is 5.83. The molecule has 2 unspecified atom stereocenters. The second kappa shape index (κ2) is 7.63. The Balaban J connectivity index is 1.94. The fourth-order valence-electron chi connectivity index (χ4n) is 3.11. The lowest BCUT2D eigenvalue weighted by Crippen LogP contribution is -2.35. The van der Waals surface area contributed by atoms with Crippen molar-refractivity contribution in [3.05, 3.63) is 35.9 Å². The molecule has 1 aliphatic heterocycles. The molecule has 3 nitrogen and oxygen atoms in total. The van der Waals surface area contributed by atoms with Crippen molar-refractivity contribution in [1.82, 2.24) is 4.90 Å². The topological polar surface area (TPSA) is 49.5 Å². The molecule has 1 heterocycles. The Hall–Kier alpha value is -0.900. The molecule has 1 aliphatic rings. The zero-order chi connectivity index (χ0) is 13.5. The van der Waals surface area contributed by atoms with Crippen LogP contribution in [0.1, 0.15) is 37.2 Å². The van der Waals surface area contributed by atoms with Gasteiger partial charge >= 0.3 is 0 Å². The molecule has 3 heteroatoms. The standard InChI is InChI=1S/C16H26N2O/c17-12-15(14-6-2-1-3-7-14)13-18-10-4-8-16(18)9-5-11-19/h1-3,6-7,15-16,19H,4-5,8-13,17H2. The van der Waals surface area contributed by atoms with Crippen LogP contribution in [0, 0.1) is 0 Å². The van der Waals surface area contributed by atoms with Crippen LogP contribution in [0.3, 0.4) is 0 Å². The lowest BCUT2D eigenvalue weighted by Gasteiger charge is -2.28. The van der Waals surface area contributed by atoms with Crippen LogP contribution < -0.4 is 5.73 Å². The molecule has 3 N–H and O–H groups in total. The summed E-state index contributed by atoms with van der Waals surface area (Å²) in [4.78, 5) is 2.57. The Morgan fingerprint density at radius 2 is 2.11 bits per heavy atom. The Morgan fingerprint density at radius 3 is 2.79 bits per heavy atom. The van der Waals surface area contributed by atoms with Gasteiger partial charge in [-0.3, -0.25) is 4.90 Å². The molecule has 0 saturated carbocycles. The number of benzene rings is 1. The fraction of sp³-hybridized carbons (Fsp3) is 0.625. The molecule has 0 radical (unpaired) electrons. The highest BCUT2D eigenvalue weighted by Gasteiger charge is 2.26. The first-order valence-corrected chi connectivity index (χ1v) is 7.45. The molecule has 106 valence electrons. The minimum atomic E-state index is 0.309. The number of rotatable bonds is 7. The molecule has 2 atom stereocenters. The number of aliphatic hydroxyl groups is 1. The van der Waals surface area contributed by atoms with Crippen LogP contribution in [-0.2, 0) is 0 Å². The summed E-state index contributed by atoms with van der Waals surface area (Å²) >= 11 is 0. The molecule has 0 spiro atoms. The van der Waals surface area contributed by atoms with E-state index < -0.39 is 0 Å². The number of nitrogens with zero attached hydrogens (tertiary/aromatic N) is 1. The van der Waals surface area contributed by atoms with Crippen molar-refractivity contribution < 1.29 is 5.11 Å². The molecule has 1 saturated heterocycles. The van der Waals surface area contributed by atoms with Gasteiger partial charge in [0.2, 0.25) is 0 Å². The Bertz CT molecular complexity index is 355. The monoisotopic (exact) mass is 262 g/mol. The van der Waals surface area contributed by atoms with Gasteiger partial charge in [-0.25, -0.2) is 0 Å². The minimum Gasteiger partial charge on any atom is -0.396 e. The first-order valence-electron chi connectivity index (χ1n) is 7.45. The van der Waals surface area contributed by atoms with E-state index in [0.29, 0.717) is 25.1 Å². The molecule has 0 amide bonds. The first kappa shape index (κ1) is 14.5. The van der Waals surface area contributed by atoms with E-state index in [-0.39, 0.29) is 0 Å². The zero-order valence-electron chi connectivity index (χ0n) is 11.7. The van der Waals surface area contributed by atoms with Gasteiger partial charge < -0.3 is 10.8 Å². The largest absolute Gasteiger partial charge is 0.396 e. The molecule has 1 aromatic carbocycles. The first-order chi connectivity index (χ1) is 9.35. The van der Waals surface area contributed by atoms with Crippen LogP contribution >= 0.6 is 0 Å². The van der Waals surface area contributed by atoms with Crippen LogP contribution in [0.15, 0.2) is 30.3 Å². The summed E-state index contributed by atoms with van der Waals surface area (Å²) in [5, 5.41) is 8.98. The van der Waals surface area contributed by atoms with E-state index >= 15 is 0 Å². The number of hydrogen-bond acceptors (Lipinski definition) is 3. The molecular weight excluding hydrogens is 236 g/mol. The number of likely N-dealkylation sites (tertiary alicyclic amines) is 1. The van der Waals surface area contributed by atoms with E-state index in [2.05, 4.69) is 35.2 Å². The summed E-state index contributed by atoms with van der Waals surface area (Å²) in [5.41, 5.74) is 7.31. The predicted octanol–water partition coefficient (Wildman–Crippen LogP) is 1.97. The van der Waals surface area contributed by atoms with E-state index in [1.54, 1.807) is 0 Å². The Morgan fingerprint density at radius 1 is 1.32 bits per heavy atom. The van der Waals surface area contributed by atoms with Crippen molar-refractivity contribution in [2.24, 2.45) is 5.73 Å². The van der Waals surface area contributed by atoms with Crippen LogP contribution in [0.2, 0.25) is 0 Å². The average molecular weight is 262 g/mol. The van der Waals surface area contributed by atoms with Crippen molar-refractivity contribution in [3.8, 4) is 0 Å². The number of nitrogens with two attached hydrogens (primary N) is 1. The third-order valence-electron chi connectivity index (χ3n) is 4.20. The van der Waals surface area contributed by atoms with E-state index in [1.165, 1.54) is 24.9 Å². The summed E-state index contributed by atoms with van der Waals surface area (Å²) in [6.07, 6.45) is 4.58. The lowest BCUT2D eigenvalue weighted by molar-refractivity contribution is 0.207.